The molecule has 4 heteroatoms. The van der Waals surface area contributed by atoms with Gasteiger partial charge in [0.25, 0.3) is 0 Å². The summed E-state index contributed by atoms with van der Waals surface area (Å²) in [6.45, 7) is 8.07. The zero-order chi connectivity index (χ0) is 12.3. The van der Waals surface area contributed by atoms with Crippen LogP contribution >= 0.6 is 0 Å². The van der Waals surface area contributed by atoms with Crippen LogP contribution in [0.1, 0.15) is 30.2 Å². The summed E-state index contributed by atoms with van der Waals surface area (Å²) in [7, 11) is 3.89. The third kappa shape index (κ3) is 4.43. The molecular weight excluding hydrogens is 212 g/mol. The predicted molar refractivity (Wildman–Crippen MR) is 72.1 cm³/mol. The zero-order valence-corrected chi connectivity index (χ0v) is 10.9. The number of rotatable bonds is 0. The van der Waals surface area contributed by atoms with Gasteiger partial charge in [-0.1, -0.05) is 7.43 Å². The lowest BCUT2D eigenvalue weighted by atomic mass is 10.4. The van der Waals surface area contributed by atoms with E-state index in [1.165, 1.54) is 11.4 Å². The zero-order valence-electron chi connectivity index (χ0n) is 10.9. The van der Waals surface area contributed by atoms with Crippen LogP contribution in [0, 0.1) is 27.7 Å². The molecule has 0 amide bonds. The Morgan fingerprint density at radius 3 is 1.12 bits per heavy atom. The van der Waals surface area contributed by atoms with E-state index < -0.39 is 0 Å². The van der Waals surface area contributed by atoms with Crippen molar-refractivity contribution in [1.29, 1.82) is 0 Å². The molecule has 0 unspecified atom stereocenters. The second-order valence-corrected chi connectivity index (χ2v) is 4.10. The first-order chi connectivity index (χ1) is 7.40. The van der Waals surface area contributed by atoms with Gasteiger partial charge in [0.1, 0.15) is 0 Å². The van der Waals surface area contributed by atoms with E-state index in [1.54, 1.807) is 0 Å². The molecule has 0 aromatic carbocycles. The van der Waals surface area contributed by atoms with Crippen LogP contribution in [0.25, 0.3) is 0 Å². The average molecular weight is 236 g/mol. The maximum atomic E-state index is 4.13. The smallest absolute Gasteiger partial charge is 0.0596 e. The van der Waals surface area contributed by atoms with Crippen LogP contribution in [-0.4, -0.2) is 19.6 Å². The van der Waals surface area contributed by atoms with Gasteiger partial charge in [0.15, 0.2) is 0 Å². The van der Waals surface area contributed by atoms with Gasteiger partial charge in [-0.3, -0.25) is 9.36 Å². The lowest BCUT2D eigenvalue weighted by molar-refractivity contribution is 0.731. The standard InChI is InChI=1S/2C6H10N2.CH4/c2*1-5-4-6(2)8(3)7-5;/h2*4H,1-3H3;1H4. The monoisotopic (exact) mass is 236 g/mol. The largest absolute Gasteiger partial charge is 0.273 e. The normalized spacial score (nSPS) is 9.29. The van der Waals surface area contributed by atoms with Crippen molar-refractivity contribution in [3.05, 3.63) is 34.9 Å². The van der Waals surface area contributed by atoms with Gasteiger partial charge in [-0.05, 0) is 39.8 Å². The molecule has 2 aromatic heterocycles. The minimum absolute atomic E-state index is 0. The van der Waals surface area contributed by atoms with Gasteiger partial charge in [0.05, 0.1) is 11.4 Å². The van der Waals surface area contributed by atoms with Crippen molar-refractivity contribution >= 4 is 0 Å². The third-order valence-corrected chi connectivity index (χ3v) is 2.47. The molecule has 17 heavy (non-hydrogen) atoms. The van der Waals surface area contributed by atoms with E-state index in [9.17, 15) is 0 Å². The molecule has 0 spiro atoms. The minimum atomic E-state index is 0. The van der Waals surface area contributed by atoms with Crippen LogP contribution in [0.3, 0.4) is 0 Å². The first-order valence-electron chi connectivity index (χ1n) is 5.34. The highest BCUT2D eigenvalue weighted by molar-refractivity contribution is 5.06. The quantitative estimate of drug-likeness (QED) is 0.705. The molecule has 2 aromatic rings. The summed E-state index contributed by atoms with van der Waals surface area (Å²) in [4.78, 5) is 0. The number of aromatic nitrogens is 4. The van der Waals surface area contributed by atoms with Gasteiger partial charge in [-0.15, -0.1) is 0 Å². The van der Waals surface area contributed by atoms with E-state index in [2.05, 4.69) is 22.3 Å². The Bertz CT molecular complexity index is 382. The fraction of sp³-hybridized carbons (Fsp3) is 0.538. The van der Waals surface area contributed by atoms with E-state index in [-0.39, 0.29) is 7.43 Å². The molecule has 0 atom stereocenters. The number of hydrogen-bond donors (Lipinski definition) is 0. The van der Waals surface area contributed by atoms with Gasteiger partial charge >= 0.3 is 0 Å². The molecule has 0 fully saturated rings. The maximum Gasteiger partial charge on any atom is 0.0596 e. The summed E-state index contributed by atoms with van der Waals surface area (Å²) in [6, 6.07) is 4.11. The van der Waals surface area contributed by atoms with Crippen molar-refractivity contribution in [3.8, 4) is 0 Å². The van der Waals surface area contributed by atoms with Crippen LogP contribution in [0.4, 0.5) is 0 Å². The topological polar surface area (TPSA) is 35.6 Å². The van der Waals surface area contributed by atoms with E-state index in [0.29, 0.717) is 0 Å². The highest BCUT2D eigenvalue weighted by Crippen LogP contribution is 1.97. The first-order valence-corrected chi connectivity index (χ1v) is 5.34. The molecule has 0 saturated heterocycles. The molecule has 4 nitrogen and oxygen atoms in total. The van der Waals surface area contributed by atoms with Crippen LogP contribution < -0.4 is 0 Å². The number of hydrogen-bond acceptors (Lipinski definition) is 2. The highest BCUT2D eigenvalue weighted by Gasteiger charge is 1.92. The third-order valence-electron chi connectivity index (χ3n) is 2.47. The Balaban J connectivity index is 0.000000284. The van der Waals surface area contributed by atoms with Gasteiger partial charge < -0.3 is 0 Å². The Morgan fingerprint density at radius 1 is 0.765 bits per heavy atom. The molecule has 96 valence electrons. The van der Waals surface area contributed by atoms with Gasteiger partial charge in [-0.2, -0.15) is 10.2 Å². The maximum absolute atomic E-state index is 4.13. The van der Waals surface area contributed by atoms with E-state index >= 15 is 0 Å². The van der Waals surface area contributed by atoms with E-state index in [1.807, 2.05) is 51.2 Å². The minimum Gasteiger partial charge on any atom is -0.273 e. The summed E-state index contributed by atoms with van der Waals surface area (Å²) in [5.74, 6) is 0. The first kappa shape index (κ1) is 15.4. The van der Waals surface area contributed by atoms with Crippen molar-refractivity contribution in [2.45, 2.75) is 35.1 Å². The second-order valence-electron chi connectivity index (χ2n) is 4.10. The predicted octanol–water partition coefficient (Wildman–Crippen LogP) is 2.71. The number of nitrogens with zero attached hydrogens (tertiary/aromatic N) is 4. The molecule has 0 radical (unpaired) electrons. The summed E-state index contributed by atoms with van der Waals surface area (Å²) >= 11 is 0. The molecular formula is C13H24N4. The van der Waals surface area contributed by atoms with Crippen molar-refractivity contribution in [1.82, 2.24) is 19.6 Å². The molecule has 0 aliphatic heterocycles. The van der Waals surface area contributed by atoms with Crippen LogP contribution in [0.5, 0.6) is 0 Å². The lowest BCUT2D eigenvalue weighted by Gasteiger charge is -1.87. The van der Waals surface area contributed by atoms with Crippen molar-refractivity contribution < 1.29 is 0 Å². The Labute approximate surface area is 104 Å². The molecule has 0 saturated carbocycles. The van der Waals surface area contributed by atoms with E-state index in [4.69, 9.17) is 0 Å². The van der Waals surface area contributed by atoms with Gasteiger partial charge in [0, 0.05) is 25.5 Å². The molecule has 2 heterocycles. The van der Waals surface area contributed by atoms with Crippen molar-refractivity contribution in [2.75, 3.05) is 0 Å². The molecule has 0 aliphatic carbocycles. The van der Waals surface area contributed by atoms with Crippen LogP contribution in [0.15, 0.2) is 12.1 Å². The van der Waals surface area contributed by atoms with Crippen LogP contribution in [0.2, 0.25) is 0 Å². The van der Waals surface area contributed by atoms with Gasteiger partial charge in [-0.25, -0.2) is 0 Å². The summed E-state index contributed by atoms with van der Waals surface area (Å²) in [6.07, 6.45) is 0. The fourth-order valence-corrected chi connectivity index (χ4v) is 1.48. The van der Waals surface area contributed by atoms with Gasteiger partial charge in [0.2, 0.25) is 0 Å². The van der Waals surface area contributed by atoms with Crippen molar-refractivity contribution in [3.63, 3.8) is 0 Å². The highest BCUT2D eigenvalue weighted by atomic mass is 15.3. The molecule has 0 bridgehead atoms. The molecule has 0 N–H and O–H groups in total. The lowest BCUT2D eigenvalue weighted by Crippen LogP contribution is -1.91. The summed E-state index contributed by atoms with van der Waals surface area (Å²) < 4.78 is 3.74. The second kappa shape index (κ2) is 6.23. The number of aryl methyl sites for hydroxylation is 6. The summed E-state index contributed by atoms with van der Waals surface area (Å²) in [5.41, 5.74) is 4.60. The Morgan fingerprint density at radius 2 is 1.06 bits per heavy atom. The Kier molecular flexibility index (Phi) is 5.65. The molecule has 0 aliphatic rings. The Hall–Kier alpha value is -1.58. The molecule has 2 rings (SSSR count). The van der Waals surface area contributed by atoms with Crippen LogP contribution in [-0.2, 0) is 14.1 Å². The van der Waals surface area contributed by atoms with Crippen molar-refractivity contribution in [2.24, 2.45) is 14.1 Å². The van der Waals surface area contributed by atoms with E-state index in [0.717, 1.165) is 11.4 Å². The fourth-order valence-electron chi connectivity index (χ4n) is 1.48. The summed E-state index contributed by atoms with van der Waals surface area (Å²) in [5, 5.41) is 8.25. The SMILES string of the molecule is C.Cc1cc(C)n(C)n1.Cc1cc(C)n(C)n1. The average Bonchev–Trinajstić information content (AvgIpc) is 2.58.